The highest BCUT2D eigenvalue weighted by Gasteiger charge is 2.62. The average Bonchev–Trinajstić information content (AvgIpc) is 3.36. The Morgan fingerprint density at radius 3 is 2.78 bits per heavy atom. The number of likely N-dealkylation sites (N-methyl/N-ethyl adjacent to an activating group) is 1. The van der Waals surface area contributed by atoms with Gasteiger partial charge in [0.25, 0.3) is 0 Å². The number of ether oxygens (including phenoxy) is 3. The Bertz CT molecular complexity index is 1770. The maximum absolute atomic E-state index is 13.9. The molecule has 0 radical (unpaired) electrons. The van der Waals surface area contributed by atoms with Crippen molar-refractivity contribution in [2.24, 2.45) is 5.92 Å². The van der Waals surface area contributed by atoms with E-state index in [-0.39, 0.29) is 35.5 Å². The standard InChI is InChI=1S/C32H33ClN6O6S/c1-38-11-7-5-4-6-8-18-14-32(18,30(41)44-3)37-31(42)39-16-20(12-23(39)29(38)40)45-25-13-22(28-35-19(15-34)17-46-28)36-27-21(25)9-10-24(43-2)26(27)33/h6,8-10,13,17-18,20,23H,4-5,7,11-12,14,16H2,1-3H3,(H,37,42)/b8-6-/t18-,20+,23+,32-/m1/s1. The second-order valence-electron chi connectivity index (χ2n) is 11.7. The van der Waals surface area contributed by atoms with Crippen molar-refractivity contribution in [3.63, 3.8) is 0 Å². The van der Waals surface area contributed by atoms with E-state index in [2.05, 4.69) is 10.3 Å². The highest BCUT2D eigenvalue weighted by atomic mass is 35.5. The van der Waals surface area contributed by atoms with Crippen LogP contribution in [0, 0.1) is 17.2 Å². The molecule has 14 heteroatoms. The molecule has 3 aliphatic rings. The fraction of sp³-hybridized carbons (Fsp3) is 0.438. The molecule has 3 aromatic rings. The number of nitrogens with zero attached hydrogens (tertiary/aromatic N) is 5. The minimum Gasteiger partial charge on any atom is -0.495 e. The molecule has 12 nitrogen and oxygen atoms in total. The van der Waals surface area contributed by atoms with Crippen molar-refractivity contribution in [2.45, 2.75) is 49.8 Å². The van der Waals surface area contributed by atoms with Crippen LogP contribution in [0.3, 0.4) is 0 Å². The van der Waals surface area contributed by atoms with Gasteiger partial charge < -0.3 is 29.3 Å². The summed E-state index contributed by atoms with van der Waals surface area (Å²) in [5.41, 5.74) is -0.0482. The van der Waals surface area contributed by atoms with Crippen LogP contribution in [0.15, 0.2) is 35.7 Å². The van der Waals surface area contributed by atoms with E-state index in [4.69, 9.17) is 30.8 Å². The van der Waals surface area contributed by atoms with Crippen LogP contribution in [-0.4, -0.2) is 89.7 Å². The van der Waals surface area contributed by atoms with Gasteiger partial charge in [-0.15, -0.1) is 11.3 Å². The molecule has 1 N–H and O–H groups in total. The summed E-state index contributed by atoms with van der Waals surface area (Å²) < 4.78 is 17.1. The van der Waals surface area contributed by atoms with Crippen LogP contribution in [0.25, 0.3) is 21.6 Å². The first-order valence-corrected chi connectivity index (χ1v) is 16.2. The highest BCUT2D eigenvalue weighted by Crippen LogP contribution is 2.46. The number of hydrogen-bond acceptors (Lipinski definition) is 10. The van der Waals surface area contributed by atoms with Gasteiger partial charge in [0.05, 0.1) is 26.3 Å². The summed E-state index contributed by atoms with van der Waals surface area (Å²) in [6.45, 7) is 0.642. The number of amides is 3. The maximum Gasteiger partial charge on any atom is 0.332 e. The molecule has 2 aromatic heterocycles. The Kier molecular flexibility index (Phi) is 8.76. The first-order valence-electron chi connectivity index (χ1n) is 15.0. The summed E-state index contributed by atoms with van der Waals surface area (Å²) in [6.07, 6.45) is 6.57. The number of allylic oxidation sites excluding steroid dienone is 1. The van der Waals surface area contributed by atoms with E-state index in [0.717, 1.165) is 19.3 Å². The van der Waals surface area contributed by atoms with Gasteiger partial charge >= 0.3 is 12.0 Å². The number of urea groups is 1. The Balaban J connectivity index is 1.35. The molecule has 1 aromatic carbocycles. The normalized spacial score (nSPS) is 25.5. The minimum absolute atomic E-state index is 0.0900. The van der Waals surface area contributed by atoms with E-state index >= 15 is 0 Å². The Hall–Kier alpha value is -4.41. The van der Waals surface area contributed by atoms with E-state index in [1.165, 1.54) is 30.5 Å². The van der Waals surface area contributed by atoms with Crippen molar-refractivity contribution < 1.29 is 28.6 Å². The van der Waals surface area contributed by atoms with Crippen LogP contribution in [-0.2, 0) is 14.3 Å². The molecule has 3 amide bonds. The van der Waals surface area contributed by atoms with E-state index in [0.29, 0.717) is 46.1 Å². The lowest BCUT2D eigenvalue weighted by Crippen LogP contribution is -2.55. The van der Waals surface area contributed by atoms with Gasteiger partial charge in [0.1, 0.15) is 51.0 Å². The molecule has 240 valence electrons. The summed E-state index contributed by atoms with van der Waals surface area (Å²) in [5, 5.41) is 15.3. The third-order valence-corrected chi connectivity index (χ3v) is 9.99. The zero-order valence-corrected chi connectivity index (χ0v) is 27.2. The van der Waals surface area contributed by atoms with Gasteiger partial charge in [0, 0.05) is 42.8 Å². The Morgan fingerprint density at radius 2 is 2.04 bits per heavy atom. The number of fused-ring (bicyclic) bond motifs is 3. The first-order chi connectivity index (χ1) is 22.2. The van der Waals surface area contributed by atoms with E-state index in [1.54, 1.807) is 35.5 Å². The first kappa shape index (κ1) is 31.6. The monoisotopic (exact) mass is 664 g/mol. The van der Waals surface area contributed by atoms with Crippen LogP contribution in [0.4, 0.5) is 4.79 Å². The maximum atomic E-state index is 13.9. The molecule has 0 unspecified atom stereocenters. The minimum atomic E-state index is -1.17. The molecule has 1 aliphatic carbocycles. The number of esters is 1. The molecule has 0 bridgehead atoms. The van der Waals surface area contributed by atoms with Crippen molar-refractivity contribution in [1.82, 2.24) is 25.1 Å². The fourth-order valence-corrected chi connectivity index (χ4v) is 7.16. The van der Waals surface area contributed by atoms with Gasteiger partial charge in [-0.05, 0) is 37.8 Å². The van der Waals surface area contributed by atoms with Gasteiger partial charge in [0.15, 0.2) is 5.69 Å². The number of nitrogens with one attached hydrogen (secondary N) is 1. The predicted octanol–water partition coefficient (Wildman–Crippen LogP) is 4.55. The topological polar surface area (TPSA) is 147 Å². The molecular weight excluding hydrogens is 632 g/mol. The second kappa shape index (κ2) is 12.8. The zero-order valence-electron chi connectivity index (χ0n) is 25.6. The third kappa shape index (κ3) is 5.83. The summed E-state index contributed by atoms with van der Waals surface area (Å²) in [7, 11) is 4.55. The predicted molar refractivity (Wildman–Crippen MR) is 171 cm³/mol. The van der Waals surface area contributed by atoms with Crippen LogP contribution in [0.1, 0.15) is 37.8 Å². The number of aromatic nitrogens is 2. The second-order valence-corrected chi connectivity index (χ2v) is 12.9. The van der Waals surface area contributed by atoms with Crippen molar-refractivity contribution >= 4 is 51.7 Å². The third-order valence-electron chi connectivity index (χ3n) is 8.76. The molecule has 6 rings (SSSR count). The lowest BCUT2D eigenvalue weighted by molar-refractivity contribution is -0.144. The molecule has 1 saturated carbocycles. The van der Waals surface area contributed by atoms with Crippen LogP contribution in [0.5, 0.6) is 11.5 Å². The molecule has 1 saturated heterocycles. The lowest BCUT2D eigenvalue weighted by Gasteiger charge is -2.29. The number of nitriles is 1. The van der Waals surface area contributed by atoms with Crippen LogP contribution < -0.4 is 14.8 Å². The zero-order chi connectivity index (χ0) is 32.6. The molecule has 2 fully saturated rings. The number of carbonyl (C=O) groups excluding carboxylic acids is 3. The summed E-state index contributed by atoms with van der Waals surface area (Å²) in [5.74, 6) is -0.0492. The Morgan fingerprint density at radius 1 is 1.22 bits per heavy atom. The number of methoxy groups -OCH3 is 2. The quantitative estimate of drug-likeness (QED) is 0.306. The number of carbonyl (C=O) groups is 3. The van der Waals surface area contributed by atoms with Gasteiger partial charge in [-0.1, -0.05) is 23.8 Å². The highest BCUT2D eigenvalue weighted by molar-refractivity contribution is 7.13. The van der Waals surface area contributed by atoms with E-state index in [1.807, 2.05) is 18.2 Å². The van der Waals surface area contributed by atoms with Crippen LogP contribution in [0.2, 0.25) is 5.02 Å². The number of hydrogen-bond donors (Lipinski definition) is 1. The molecule has 46 heavy (non-hydrogen) atoms. The summed E-state index contributed by atoms with van der Waals surface area (Å²) >= 11 is 7.96. The SMILES string of the molecule is COC(=O)[C@@]12C[C@H]1/C=C\CCCCN(C)C(=O)[C@@H]1C[C@H](Oc3cc(-c4nc(C#N)cs4)nc4c(Cl)c(OC)ccc34)CN1C(=O)N2. The van der Waals surface area contributed by atoms with Gasteiger partial charge in [-0.25, -0.2) is 19.6 Å². The van der Waals surface area contributed by atoms with Crippen LogP contribution >= 0.6 is 22.9 Å². The number of benzene rings is 1. The average molecular weight is 665 g/mol. The molecule has 4 atom stereocenters. The van der Waals surface area contributed by atoms with Crippen molar-refractivity contribution in [2.75, 3.05) is 34.4 Å². The lowest BCUT2D eigenvalue weighted by atomic mass is 10.1. The van der Waals surface area contributed by atoms with Gasteiger partial charge in [0.2, 0.25) is 5.91 Å². The molecule has 2 aliphatic heterocycles. The molecular formula is C32H33ClN6O6S. The molecule has 0 spiro atoms. The van der Waals surface area contributed by atoms with Gasteiger partial charge in [-0.3, -0.25) is 4.79 Å². The van der Waals surface area contributed by atoms with Crippen molar-refractivity contribution in [1.29, 1.82) is 5.26 Å². The number of rotatable bonds is 5. The van der Waals surface area contributed by atoms with E-state index < -0.39 is 29.7 Å². The molecule has 4 heterocycles. The summed E-state index contributed by atoms with van der Waals surface area (Å²) in [4.78, 5) is 52.7. The Labute approximate surface area is 274 Å². The number of thiazole rings is 1. The number of pyridine rings is 1. The van der Waals surface area contributed by atoms with Crippen molar-refractivity contribution in [3.05, 3.63) is 46.4 Å². The smallest absolute Gasteiger partial charge is 0.332 e. The van der Waals surface area contributed by atoms with E-state index in [9.17, 15) is 19.6 Å². The summed E-state index contributed by atoms with van der Waals surface area (Å²) in [6, 6.07) is 5.91. The fourth-order valence-electron chi connectivity index (χ4n) is 6.17. The van der Waals surface area contributed by atoms with Crippen molar-refractivity contribution in [3.8, 4) is 28.3 Å². The largest absolute Gasteiger partial charge is 0.495 e. The van der Waals surface area contributed by atoms with Gasteiger partial charge in [-0.2, -0.15) is 5.26 Å². The number of halogens is 1.